The van der Waals surface area contributed by atoms with E-state index in [1.54, 1.807) is 0 Å². The molecule has 3 heterocycles. The summed E-state index contributed by atoms with van der Waals surface area (Å²) in [5.41, 5.74) is 11.2. The fraction of sp³-hybridized carbons (Fsp3) is 0. The van der Waals surface area contributed by atoms with Gasteiger partial charge in [0.05, 0.1) is 22.1 Å². The van der Waals surface area contributed by atoms with Gasteiger partial charge in [-0.3, -0.25) is 0 Å². The Balaban J connectivity index is 1.18. The molecule has 0 saturated heterocycles. The molecule has 3 nitrogen and oxygen atoms in total. The number of benzene rings is 8. The maximum absolute atomic E-state index is 6.39. The van der Waals surface area contributed by atoms with Crippen molar-refractivity contribution in [2.45, 2.75) is 0 Å². The predicted octanol–water partition coefficient (Wildman–Crippen LogP) is 12.6. The first kappa shape index (κ1) is 26.5. The molecule has 0 bridgehead atoms. The third kappa shape index (κ3) is 3.84. The lowest BCUT2D eigenvalue weighted by molar-refractivity contribution is 0.669. The van der Waals surface area contributed by atoms with Crippen LogP contribution in [0.2, 0.25) is 0 Å². The van der Waals surface area contributed by atoms with Crippen LogP contribution in [0.4, 0.5) is 0 Å². The van der Waals surface area contributed by atoms with Crippen molar-refractivity contribution in [3.63, 3.8) is 0 Å². The minimum Gasteiger partial charge on any atom is -0.456 e. The van der Waals surface area contributed by atoms with Gasteiger partial charge in [-0.05, 0) is 88.6 Å². The molecule has 0 saturated carbocycles. The highest BCUT2D eigenvalue weighted by Gasteiger charge is 2.20. The third-order valence-corrected chi connectivity index (χ3v) is 10.3. The van der Waals surface area contributed by atoms with Crippen LogP contribution in [0.5, 0.6) is 0 Å². The van der Waals surface area contributed by atoms with Crippen LogP contribution in [0.15, 0.2) is 174 Å². The van der Waals surface area contributed by atoms with Crippen molar-refractivity contribution in [2.75, 3.05) is 0 Å². The van der Waals surface area contributed by atoms with Gasteiger partial charge in [-0.25, -0.2) is 0 Å². The summed E-state index contributed by atoms with van der Waals surface area (Å²) in [6.45, 7) is 0. The number of hydrogen-bond acceptors (Lipinski definition) is 1. The number of furan rings is 1. The quantitative estimate of drug-likeness (QED) is 0.192. The van der Waals surface area contributed by atoms with Gasteiger partial charge in [0.2, 0.25) is 0 Å². The van der Waals surface area contributed by atoms with Crippen molar-refractivity contribution in [1.29, 1.82) is 0 Å². The lowest BCUT2D eigenvalue weighted by atomic mass is 10.0. The summed E-state index contributed by atoms with van der Waals surface area (Å²) < 4.78 is 11.2. The molecule has 0 radical (unpaired) electrons. The summed E-state index contributed by atoms with van der Waals surface area (Å²) in [5, 5.41) is 9.65. The van der Waals surface area contributed by atoms with E-state index < -0.39 is 0 Å². The number of aromatic nitrogens is 2. The first-order valence-corrected chi connectivity index (χ1v) is 16.8. The fourth-order valence-electron chi connectivity index (χ4n) is 8.00. The van der Waals surface area contributed by atoms with E-state index in [0.29, 0.717) is 0 Å². The van der Waals surface area contributed by atoms with E-state index in [4.69, 9.17) is 4.42 Å². The van der Waals surface area contributed by atoms with Gasteiger partial charge in [-0.1, -0.05) is 103 Å². The summed E-state index contributed by atoms with van der Waals surface area (Å²) >= 11 is 0. The molecular formula is C46H28N2O. The van der Waals surface area contributed by atoms with Gasteiger partial charge >= 0.3 is 0 Å². The second-order valence-corrected chi connectivity index (χ2v) is 13.0. The molecule has 3 heteroatoms. The minimum atomic E-state index is 0.912. The fourth-order valence-corrected chi connectivity index (χ4v) is 8.00. The largest absolute Gasteiger partial charge is 0.456 e. The standard InChI is InChI=1S/C46H28N2O/c1-2-12-33(13-3-1)48-42-26-40-36-15-7-9-17-45(36)49-46(40)27-39(42)38-25-37-35-14-6-8-16-41(35)47(43(37)28-44(38)48)34-22-20-30(21-23-34)32-19-18-29-10-4-5-11-31(29)24-32/h1-28H. The lowest BCUT2D eigenvalue weighted by Gasteiger charge is -2.11. The zero-order valence-corrected chi connectivity index (χ0v) is 26.5. The van der Waals surface area contributed by atoms with Crippen LogP contribution in [0.1, 0.15) is 0 Å². The summed E-state index contributed by atoms with van der Waals surface area (Å²) in [6.07, 6.45) is 0. The lowest BCUT2D eigenvalue weighted by Crippen LogP contribution is -1.96. The number of para-hydroxylation sites is 3. The van der Waals surface area contributed by atoms with Crippen LogP contribution in [0, 0.1) is 0 Å². The SMILES string of the molecule is c1ccc(-n2c3cc4c(cc3c3cc5c6ccccc6n(-c6ccc(-c7ccc8ccccc8c7)cc6)c5cc32)oc2ccccc24)cc1. The molecule has 49 heavy (non-hydrogen) atoms. The Labute approximate surface area is 281 Å². The van der Waals surface area contributed by atoms with E-state index in [0.717, 1.165) is 33.3 Å². The maximum atomic E-state index is 6.39. The number of rotatable bonds is 3. The van der Waals surface area contributed by atoms with Crippen molar-refractivity contribution < 1.29 is 4.42 Å². The van der Waals surface area contributed by atoms with E-state index in [2.05, 4.69) is 173 Å². The van der Waals surface area contributed by atoms with Crippen LogP contribution in [-0.4, -0.2) is 9.13 Å². The van der Waals surface area contributed by atoms with E-state index in [9.17, 15) is 0 Å². The third-order valence-electron chi connectivity index (χ3n) is 10.3. The van der Waals surface area contributed by atoms with Crippen LogP contribution >= 0.6 is 0 Å². The second-order valence-electron chi connectivity index (χ2n) is 13.0. The maximum Gasteiger partial charge on any atom is 0.136 e. The number of fused-ring (bicyclic) bond motifs is 10. The Morgan fingerprint density at radius 2 is 0.918 bits per heavy atom. The van der Waals surface area contributed by atoms with Gasteiger partial charge in [0.15, 0.2) is 0 Å². The summed E-state index contributed by atoms with van der Waals surface area (Å²) in [7, 11) is 0. The first-order chi connectivity index (χ1) is 24.3. The summed E-state index contributed by atoms with van der Waals surface area (Å²) in [6, 6.07) is 61.4. The van der Waals surface area contributed by atoms with E-state index in [1.807, 2.05) is 6.07 Å². The summed E-state index contributed by atoms with van der Waals surface area (Å²) in [5.74, 6) is 0. The molecule has 0 amide bonds. The molecule has 0 spiro atoms. The molecule has 3 aromatic heterocycles. The normalized spacial score (nSPS) is 12.1. The molecule has 11 rings (SSSR count). The van der Waals surface area contributed by atoms with Crippen LogP contribution in [0.3, 0.4) is 0 Å². The zero-order valence-electron chi connectivity index (χ0n) is 26.5. The smallest absolute Gasteiger partial charge is 0.136 e. The van der Waals surface area contributed by atoms with Crippen LogP contribution in [-0.2, 0) is 0 Å². The highest BCUT2D eigenvalue weighted by molar-refractivity contribution is 6.22. The Hall–Kier alpha value is -6.58. The van der Waals surface area contributed by atoms with Crippen molar-refractivity contribution in [3.05, 3.63) is 170 Å². The molecule has 0 atom stereocenters. The van der Waals surface area contributed by atoms with Gasteiger partial charge < -0.3 is 13.6 Å². The molecule has 11 aromatic rings. The second kappa shape index (κ2) is 9.96. The highest BCUT2D eigenvalue weighted by Crippen LogP contribution is 2.42. The molecule has 0 N–H and O–H groups in total. The van der Waals surface area contributed by atoms with Gasteiger partial charge in [-0.2, -0.15) is 0 Å². The molecule has 0 aliphatic rings. The van der Waals surface area contributed by atoms with Gasteiger partial charge in [0.1, 0.15) is 11.2 Å². The van der Waals surface area contributed by atoms with Gasteiger partial charge in [-0.15, -0.1) is 0 Å². The molecule has 8 aromatic carbocycles. The zero-order chi connectivity index (χ0) is 32.1. The monoisotopic (exact) mass is 624 g/mol. The van der Waals surface area contributed by atoms with Gasteiger partial charge in [0, 0.05) is 43.7 Å². The Kier molecular flexibility index (Phi) is 5.38. The topological polar surface area (TPSA) is 23.0 Å². The van der Waals surface area contributed by atoms with Crippen molar-refractivity contribution >= 4 is 76.3 Å². The molecule has 0 fully saturated rings. The van der Waals surface area contributed by atoms with E-state index in [1.165, 1.54) is 65.5 Å². The van der Waals surface area contributed by atoms with E-state index in [-0.39, 0.29) is 0 Å². The number of nitrogens with zero attached hydrogens (tertiary/aromatic N) is 2. The van der Waals surface area contributed by atoms with E-state index >= 15 is 0 Å². The first-order valence-electron chi connectivity index (χ1n) is 16.8. The van der Waals surface area contributed by atoms with Crippen molar-refractivity contribution in [2.24, 2.45) is 0 Å². The van der Waals surface area contributed by atoms with Crippen molar-refractivity contribution in [3.8, 4) is 22.5 Å². The Morgan fingerprint density at radius 3 is 1.78 bits per heavy atom. The molecular weight excluding hydrogens is 597 g/mol. The predicted molar refractivity (Wildman–Crippen MR) is 205 cm³/mol. The minimum absolute atomic E-state index is 0.912. The average molecular weight is 625 g/mol. The van der Waals surface area contributed by atoms with Crippen LogP contribution in [0.25, 0.3) is 98.8 Å². The Morgan fingerprint density at radius 1 is 0.306 bits per heavy atom. The van der Waals surface area contributed by atoms with Gasteiger partial charge in [0.25, 0.3) is 0 Å². The summed E-state index contributed by atoms with van der Waals surface area (Å²) in [4.78, 5) is 0. The molecule has 0 aliphatic heterocycles. The number of hydrogen-bond donors (Lipinski definition) is 0. The van der Waals surface area contributed by atoms with Crippen molar-refractivity contribution in [1.82, 2.24) is 9.13 Å². The highest BCUT2D eigenvalue weighted by atomic mass is 16.3. The molecule has 0 aliphatic carbocycles. The Bertz CT molecular complexity index is 3090. The average Bonchev–Trinajstić information content (AvgIpc) is 3.80. The molecule has 228 valence electrons. The molecule has 0 unspecified atom stereocenters. The van der Waals surface area contributed by atoms with Crippen LogP contribution < -0.4 is 0 Å².